The second kappa shape index (κ2) is 4.45. The van der Waals surface area contributed by atoms with Gasteiger partial charge in [0.15, 0.2) is 0 Å². The molecule has 1 aromatic heterocycles. The second-order valence-corrected chi connectivity index (χ2v) is 3.15. The number of benzene rings is 1. The second-order valence-electron chi connectivity index (χ2n) is 3.15. The number of aromatic nitrogens is 2. The average Bonchev–Trinajstić information content (AvgIpc) is 2.32. The number of anilines is 1. The zero-order valence-electron chi connectivity index (χ0n) is 8.59. The minimum Gasteiger partial charge on any atom is -0.424 e. The van der Waals surface area contributed by atoms with Crippen molar-refractivity contribution in [3.8, 4) is 17.8 Å². The van der Waals surface area contributed by atoms with Crippen LogP contribution in [-0.4, -0.2) is 9.97 Å². The highest BCUT2D eigenvalue weighted by molar-refractivity contribution is 5.37. The number of nitrogen functional groups attached to an aromatic ring is 1. The molecule has 84 valence electrons. The molecule has 0 unspecified atom stereocenters. The maximum Gasteiger partial charge on any atom is 0.322 e. The van der Waals surface area contributed by atoms with E-state index in [-0.39, 0.29) is 17.3 Å². The first-order valence-corrected chi connectivity index (χ1v) is 4.64. The summed E-state index contributed by atoms with van der Waals surface area (Å²) >= 11 is 0. The van der Waals surface area contributed by atoms with E-state index in [2.05, 4.69) is 9.97 Å². The summed E-state index contributed by atoms with van der Waals surface area (Å²) in [5.74, 6) is -0.438. The van der Waals surface area contributed by atoms with Crippen LogP contribution >= 0.6 is 0 Å². The molecule has 0 aliphatic heterocycles. The molecular formula is C11H7FN4O. The number of nitriles is 1. The molecule has 5 nitrogen and oxygen atoms in total. The predicted molar refractivity (Wildman–Crippen MR) is 57.6 cm³/mol. The van der Waals surface area contributed by atoms with Crippen LogP contribution in [0.4, 0.5) is 10.1 Å². The topological polar surface area (TPSA) is 84.8 Å². The third-order valence-corrected chi connectivity index (χ3v) is 1.92. The van der Waals surface area contributed by atoms with Crippen LogP contribution in [0.1, 0.15) is 5.56 Å². The largest absolute Gasteiger partial charge is 0.424 e. The highest BCUT2D eigenvalue weighted by Gasteiger charge is 2.05. The van der Waals surface area contributed by atoms with Gasteiger partial charge in [-0.2, -0.15) is 5.26 Å². The summed E-state index contributed by atoms with van der Waals surface area (Å²) < 4.78 is 18.4. The van der Waals surface area contributed by atoms with Gasteiger partial charge in [-0.3, -0.25) is 0 Å². The lowest BCUT2D eigenvalue weighted by atomic mass is 10.2. The van der Waals surface area contributed by atoms with E-state index in [1.54, 1.807) is 6.07 Å². The van der Waals surface area contributed by atoms with Crippen molar-refractivity contribution in [3.05, 3.63) is 42.0 Å². The highest BCUT2D eigenvalue weighted by atomic mass is 19.1. The third kappa shape index (κ3) is 2.46. The predicted octanol–water partition coefficient (Wildman–Crippen LogP) is 1.86. The van der Waals surface area contributed by atoms with Crippen molar-refractivity contribution in [3.63, 3.8) is 0 Å². The maximum atomic E-state index is 13.3. The quantitative estimate of drug-likeness (QED) is 0.851. The lowest BCUT2D eigenvalue weighted by molar-refractivity contribution is 0.438. The molecule has 0 amide bonds. The Balaban J connectivity index is 2.22. The molecule has 0 spiro atoms. The van der Waals surface area contributed by atoms with Gasteiger partial charge in [0.1, 0.15) is 17.6 Å². The van der Waals surface area contributed by atoms with Crippen LogP contribution in [0.2, 0.25) is 0 Å². The summed E-state index contributed by atoms with van der Waals surface area (Å²) in [6.45, 7) is 0. The van der Waals surface area contributed by atoms with Gasteiger partial charge in [-0.15, -0.1) is 0 Å². The van der Waals surface area contributed by atoms with Crippen molar-refractivity contribution in [1.82, 2.24) is 9.97 Å². The molecular weight excluding hydrogens is 223 g/mol. The fourth-order valence-corrected chi connectivity index (χ4v) is 1.13. The Morgan fingerprint density at radius 1 is 1.29 bits per heavy atom. The molecule has 17 heavy (non-hydrogen) atoms. The summed E-state index contributed by atoms with van der Waals surface area (Å²) in [7, 11) is 0. The first kappa shape index (κ1) is 10.8. The molecule has 0 saturated heterocycles. The molecule has 0 aliphatic rings. The standard InChI is InChI=1S/C11H7FN4O/c12-10-3-9(2-1-7(10)4-13)17-11-15-5-8(14)6-16-11/h1-3,5-6H,14H2. The van der Waals surface area contributed by atoms with Gasteiger partial charge >= 0.3 is 6.01 Å². The van der Waals surface area contributed by atoms with Gasteiger partial charge in [0, 0.05) is 6.07 Å². The number of nitrogens with zero attached hydrogens (tertiary/aromatic N) is 3. The van der Waals surface area contributed by atoms with Crippen molar-refractivity contribution < 1.29 is 9.13 Å². The molecule has 6 heteroatoms. The number of hydrogen-bond acceptors (Lipinski definition) is 5. The molecule has 0 saturated carbocycles. The number of hydrogen-bond donors (Lipinski definition) is 1. The van der Waals surface area contributed by atoms with Crippen LogP contribution in [0, 0.1) is 17.1 Å². The van der Waals surface area contributed by atoms with Crippen molar-refractivity contribution >= 4 is 5.69 Å². The fraction of sp³-hybridized carbons (Fsp3) is 0. The van der Waals surface area contributed by atoms with Crippen LogP contribution in [0.3, 0.4) is 0 Å². The summed E-state index contributed by atoms with van der Waals surface area (Å²) in [6, 6.07) is 5.65. The van der Waals surface area contributed by atoms with Crippen LogP contribution in [0.5, 0.6) is 11.8 Å². The lowest BCUT2D eigenvalue weighted by Gasteiger charge is -2.03. The average molecular weight is 230 g/mol. The van der Waals surface area contributed by atoms with Crippen LogP contribution in [0.15, 0.2) is 30.6 Å². The first-order chi connectivity index (χ1) is 8.19. The molecule has 2 rings (SSSR count). The van der Waals surface area contributed by atoms with Gasteiger partial charge in [-0.05, 0) is 12.1 Å². The van der Waals surface area contributed by atoms with Gasteiger partial charge in [-0.1, -0.05) is 0 Å². The summed E-state index contributed by atoms with van der Waals surface area (Å²) in [6.07, 6.45) is 2.75. The molecule has 1 aromatic carbocycles. The van der Waals surface area contributed by atoms with Crippen molar-refractivity contribution in [2.75, 3.05) is 5.73 Å². The Kier molecular flexibility index (Phi) is 2.83. The molecule has 0 radical (unpaired) electrons. The van der Waals surface area contributed by atoms with Crippen LogP contribution in [-0.2, 0) is 0 Å². The van der Waals surface area contributed by atoms with E-state index in [1.807, 2.05) is 0 Å². The first-order valence-electron chi connectivity index (χ1n) is 4.64. The zero-order valence-corrected chi connectivity index (χ0v) is 8.59. The van der Waals surface area contributed by atoms with E-state index < -0.39 is 5.82 Å². The Morgan fingerprint density at radius 3 is 2.59 bits per heavy atom. The van der Waals surface area contributed by atoms with Gasteiger partial charge in [0.25, 0.3) is 0 Å². The molecule has 1 heterocycles. The maximum absolute atomic E-state index is 13.3. The van der Waals surface area contributed by atoms with E-state index in [1.165, 1.54) is 24.5 Å². The van der Waals surface area contributed by atoms with Crippen molar-refractivity contribution in [2.24, 2.45) is 0 Å². The highest BCUT2D eigenvalue weighted by Crippen LogP contribution is 2.20. The summed E-state index contributed by atoms with van der Waals surface area (Å²) in [4.78, 5) is 7.60. The van der Waals surface area contributed by atoms with Crippen LogP contribution in [0.25, 0.3) is 0 Å². The molecule has 0 atom stereocenters. The SMILES string of the molecule is N#Cc1ccc(Oc2ncc(N)cn2)cc1F. The van der Waals surface area contributed by atoms with E-state index in [0.29, 0.717) is 5.69 Å². The molecule has 0 aliphatic carbocycles. The Morgan fingerprint density at radius 2 is 2.00 bits per heavy atom. The molecule has 0 fully saturated rings. The smallest absolute Gasteiger partial charge is 0.322 e. The number of halogens is 1. The van der Waals surface area contributed by atoms with E-state index in [4.69, 9.17) is 15.7 Å². The van der Waals surface area contributed by atoms with Crippen LogP contribution < -0.4 is 10.5 Å². The van der Waals surface area contributed by atoms with E-state index in [0.717, 1.165) is 6.07 Å². The molecule has 2 aromatic rings. The Hall–Kier alpha value is -2.68. The Labute approximate surface area is 96.3 Å². The summed E-state index contributed by atoms with van der Waals surface area (Å²) in [5, 5.41) is 8.56. The molecule has 0 bridgehead atoms. The zero-order chi connectivity index (χ0) is 12.3. The Bertz CT molecular complexity index is 577. The van der Waals surface area contributed by atoms with Crippen molar-refractivity contribution in [1.29, 1.82) is 5.26 Å². The third-order valence-electron chi connectivity index (χ3n) is 1.92. The minimum atomic E-state index is -0.652. The van der Waals surface area contributed by atoms with Gasteiger partial charge in [-0.25, -0.2) is 14.4 Å². The monoisotopic (exact) mass is 230 g/mol. The number of nitrogens with two attached hydrogens (primary N) is 1. The van der Waals surface area contributed by atoms with Crippen molar-refractivity contribution in [2.45, 2.75) is 0 Å². The van der Waals surface area contributed by atoms with E-state index >= 15 is 0 Å². The fourth-order valence-electron chi connectivity index (χ4n) is 1.13. The lowest BCUT2D eigenvalue weighted by Crippen LogP contribution is -1.94. The van der Waals surface area contributed by atoms with E-state index in [9.17, 15) is 4.39 Å². The number of ether oxygens (including phenoxy) is 1. The van der Waals surface area contributed by atoms with Gasteiger partial charge < -0.3 is 10.5 Å². The minimum absolute atomic E-state index is 0.0458. The normalized spacial score (nSPS) is 9.65. The summed E-state index contributed by atoms with van der Waals surface area (Å²) in [5.41, 5.74) is 5.77. The number of rotatable bonds is 2. The van der Waals surface area contributed by atoms with Gasteiger partial charge in [0.2, 0.25) is 0 Å². The molecule has 2 N–H and O–H groups in total. The van der Waals surface area contributed by atoms with Gasteiger partial charge in [0.05, 0.1) is 23.6 Å².